The Morgan fingerprint density at radius 2 is 2.09 bits per heavy atom. The van der Waals surface area contributed by atoms with E-state index in [4.69, 9.17) is 16.3 Å². The average Bonchev–Trinajstić information content (AvgIpc) is 2.41. The summed E-state index contributed by atoms with van der Waals surface area (Å²) in [4.78, 5) is 26.1. The van der Waals surface area contributed by atoms with Crippen LogP contribution in [0.25, 0.3) is 0 Å². The molecular weight excluding hydrogens is 370 g/mol. The van der Waals surface area contributed by atoms with E-state index in [2.05, 4.69) is 15.9 Å². The SMILES string of the molecule is CC(C)(C)OC(=O)N1CCC(=O)C(c2cccc(Cl)c2Br)C1. The number of Topliss-reactive ketones (excluding diaryl/α,β-unsaturated/α-hetero) is 1. The van der Waals surface area contributed by atoms with Crippen molar-refractivity contribution in [3.05, 3.63) is 33.3 Å². The predicted molar refractivity (Wildman–Crippen MR) is 89.3 cm³/mol. The highest BCUT2D eigenvalue weighted by molar-refractivity contribution is 9.10. The molecule has 1 fully saturated rings. The van der Waals surface area contributed by atoms with Gasteiger partial charge in [0.15, 0.2) is 0 Å². The number of hydrogen-bond donors (Lipinski definition) is 0. The topological polar surface area (TPSA) is 46.6 Å². The van der Waals surface area contributed by atoms with Gasteiger partial charge in [-0.05, 0) is 48.3 Å². The summed E-state index contributed by atoms with van der Waals surface area (Å²) in [7, 11) is 0. The molecule has 0 spiro atoms. The van der Waals surface area contributed by atoms with Crippen molar-refractivity contribution in [2.75, 3.05) is 13.1 Å². The number of likely N-dealkylation sites (tertiary alicyclic amines) is 1. The fraction of sp³-hybridized carbons (Fsp3) is 0.500. The van der Waals surface area contributed by atoms with E-state index >= 15 is 0 Å². The molecular formula is C16H19BrClNO3. The van der Waals surface area contributed by atoms with Crippen molar-refractivity contribution in [3.63, 3.8) is 0 Å². The molecule has 6 heteroatoms. The summed E-state index contributed by atoms with van der Waals surface area (Å²) in [5, 5.41) is 0.555. The standard InChI is InChI=1S/C16H19BrClNO3/c1-16(2,3)22-15(21)19-8-7-13(20)11(9-19)10-5-4-6-12(18)14(10)17/h4-6,11H,7-9H2,1-3H3. The van der Waals surface area contributed by atoms with Gasteiger partial charge in [0.05, 0.1) is 10.9 Å². The van der Waals surface area contributed by atoms with Crippen molar-refractivity contribution < 1.29 is 14.3 Å². The van der Waals surface area contributed by atoms with Crippen LogP contribution in [-0.4, -0.2) is 35.5 Å². The van der Waals surface area contributed by atoms with Crippen LogP contribution >= 0.6 is 27.5 Å². The minimum Gasteiger partial charge on any atom is -0.444 e. The van der Waals surface area contributed by atoms with Gasteiger partial charge in [-0.25, -0.2) is 4.79 Å². The molecule has 1 unspecified atom stereocenters. The van der Waals surface area contributed by atoms with Gasteiger partial charge in [0.1, 0.15) is 11.4 Å². The number of amides is 1. The summed E-state index contributed by atoms with van der Waals surface area (Å²) >= 11 is 9.53. The van der Waals surface area contributed by atoms with Crippen molar-refractivity contribution in [1.29, 1.82) is 0 Å². The van der Waals surface area contributed by atoms with Crippen LogP contribution in [0.2, 0.25) is 5.02 Å². The lowest BCUT2D eigenvalue weighted by Gasteiger charge is -2.33. The molecule has 4 nitrogen and oxygen atoms in total. The molecule has 0 saturated carbocycles. The van der Waals surface area contributed by atoms with Crippen molar-refractivity contribution in [3.8, 4) is 0 Å². The summed E-state index contributed by atoms with van der Waals surface area (Å²) in [6, 6.07) is 5.42. The maximum absolute atomic E-state index is 12.3. The van der Waals surface area contributed by atoms with E-state index in [1.54, 1.807) is 11.0 Å². The first kappa shape index (κ1) is 17.3. The Morgan fingerprint density at radius 1 is 1.41 bits per heavy atom. The first-order chi connectivity index (χ1) is 10.2. The Kier molecular flexibility index (Phi) is 5.17. The molecule has 1 saturated heterocycles. The van der Waals surface area contributed by atoms with Crippen LogP contribution in [0.5, 0.6) is 0 Å². The molecule has 1 aliphatic heterocycles. The number of halogens is 2. The lowest BCUT2D eigenvalue weighted by Crippen LogP contribution is -2.45. The van der Waals surface area contributed by atoms with Crippen LogP contribution in [0.4, 0.5) is 4.79 Å². The molecule has 1 aromatic rings. The Labute approximate surface area is 143 Å². The molecule has 120 valence electrons. The minimum atomic E-state index is -0.551. The van der Waals surface area contributed by atoms with Gasteiger partial charge in [0, 0.05) is 24.0 Å². The van der Waals surface area contributed by atoms with Crippen LogP contribution in [0.3, 0.4) is 0 Å². The normalized spacial score (nSPS) is 19.2. The Bertz CT molecular complexity index is 598. The van der Waals surface area contributed by atoms with E-state index in [0.717, 1.165) is 5.56 Å². The number of nitrogens with zero attached hydrogens (tertiary/aromatic N) is 1. The third kappa shape index (κ3) is 4.02. The number of rotatable bonds is 1. The second-order valence-electron chi connectivity index (χ2n) is 6.34. The number of ether oxygens (including phenoxy) is 1. The van der Waals surface area contributed by atoms with Crippen LogP contribution < -0.4 is 0 Å². The van der Waals surface area contributed by atoms with Gasteiger partial charge in [-0.3, -0.25) is 4.79 Å². The van der Waals surface area contributed by atoms with E-state index in [1.807, 2.05) is 32.9 Å². The zero-order valence-corrected chi connectivity index (χ0v) is 15.2. The van der Waals surface area contributed by atoms with E-state index in [0.29, 0.717) is 29.0 Å². The lowest BCUT2D eigenvalue weighted by molar-refractivity contribution is -0.123. The number of carbonyl (C=O) groups excluding carboxylic acids is 2. The van der Waals surface area contributed by atoms with Crippen LogP contribution in [-0.2, 0) is 9.53 Å². The summed E-state index contributed by atoms with van der Waals surface area (Å²) in [5.74, 6) is -0.267. The fourth-order valence-corrected chi connectivity index (χ4v) is 3.11. The van der Waals surface area contributed by atoms with E-state index in [-0.39, 0.29) is 17.8 Å². The van der Waals surface area contributed by atoms with E-state index in [9.17, 15) is 9.59 Å². The van der Waals surface area contributed by atoms with Crippen molar-refractivity contribution in [1.82, 2.24) is 4.90 Å². The van der Waals surface area contributed by atoms with Crippen LogP contribution in [0.15, 0.2) is 22.7 Å². The minimum absolute atomic E-state index is 0.114. The second-order valence-corrected chi connectivity index (χ2v) is 7.54. The highest BCUT2D eigenvalue weighted by Crippen LogP contribution is 2.34. The second kappa shape index (κ2) is 6.59. The van der Waals surface area contributed by atoms with Crippen LogP contribution in [0, 0.1) is 0 Å². The van der Waals surface area contributed by atoms with Crippen molar-refractivity contribution in [2.45, 2.75) is 38.7 Å². The molecule has 1 amide bonds. The number of carbonyl (C=O) groups is 2. The summed E-state index contributed by atoms with van der Waals surface area (Å²) in [6.45, 7) is 6.18. The largest absolute Gasteiger partial charge is 0.444 e. The van der Waals surface area contributed by atoms with Crippen molar-refractivity contribution >= 4 is 39.4 Å². The maximum Gasteiger partial charge on any atom is 0.410 e. The van der Waals surface area contributed by atoms with Gasteiger partial charge in [0.25, 0.3) is 0 Å². The monoisotopic (exact) mass is 387 g/mol. The van der Waals surface area contributed by atoms with Gasteiger partial charge in [0.2, 0.25) is 0 Å². The molecule has 0 aliphatic carbocycles. The zero-order valence-electron chi connectivity index (χ0n) is 12.9. The number of benzene rings is 1. The number of hydrogen-bond acceptors (Lipinski definition) is 3. The molecule has 1 aliphatic rings. The third-order valence-corrected chi connectivity index (χ3v) is 4.86. The molecule has 2 rings (SSSR count). The highest BCUT2D eigenvalue weighted by Gasteiger charge is 2.34. The molecule has 22 heavy (non-hydrogen) atoms. The lowest BCUT2D eigenvalue weighted by atomic mass is 9.89. The van der Waals surface area contributed by atoms with Gasteiger partial charge >= 0.3 is 6.09 Å². The van der Waals surface area contributed by atoms with E-state index < -0.39 is 5.60 Å². The quantitative estimate of drug-likeness (QED) is 0.716. The van der Waals surface area contributed by atoms with Gasteiger partial charge < -0.3 is 9.64 Å². The van der Waals surface area contributed by atoms with Gasteiger partial charge in [-0.15, -0.1) is 0 Å². The first-order valence-electron chi connectivity index (χ1n) is 7.13. The Balaban J connectivity index is 2.20. The molecule has 0 radical (unpaired) electrons. The molecule has 0 bridgehead atoms. The smallest absolute Gasteiger partial charge is 0.410 e. The maximum atomic E-state index is 12.3. The molecule has 1 aromatic carbocycles. The zero-order chi connectivity index (χ0) is 16.5. The summed E-state index contributed by atoms with van der Waals surface area (Å²) in [5.41, 5.74) is 0.260. The molecule has 0 aromatic heterocycles. The van der Waals surface area contributed by atoms with Crippen LogP contribution in [0.1, 0.15) is 38.7 Å². The number of piperidine rings is 1. The number of ketones is 1. The highest BCUT2D eigenvalue weighted by atomic mass is 79.9. The van der Waals surface area contributed by atoms with Gasteiger partial charge in [-0.2, -0.15) is 0 Å². The molecule has 1 heterocycles. The Hall–Kier alpha value is -1.07. The van der Waals surface area contributed by atoms with E-state index in [1.165, 1.54) is 0 Å². The summed E-state index contributed by atoms with van der Waals surface area (Å²) < 4.78 is 6.10. The fourth-order valence-electron chi connectivity index (χ4n) is 2.39. The Morgan fingerprint density at radius 3 is 2.73 bits per heavy atom. The average molecular weight is 389 g/mol. The summed E-state index contributed by atoms with van der Waals surface area (Å²) in [6.07, 6.45) is -0.0637. The molecule has 0 N–H and O–H groups in total. The molecule has 1 atom stereocenters. The third-order valence-electron chi connectivity index (χ3n) is 3.43. The first-order valence-corrected chi connectivity index (χ1v) is 8.30. The van der Waals surface area contributed by atoms with Crippen molar-refractivity contribution in [2.24, 2.45) is 0 Å². The van der Waals surface area contributed by atoms with Gasteiger partial charge in [-0.1, -0.05) is 23.7 Å². The predicted octanol–water partition coefficient (Wildman–Crippen LogP) is 4.40.